The van der Waals surface area contributed by atoms with Crippen LogP contribution in [0.5, 0.6) is 0 Å². The maximum Gasteiger partial charge on any atom is 0.263 e. The number of rotatable bonds is 4. The first-order chi connectivity index (χ1) is 9.33. The Morgan fingerprint density at radius 2 is 2.10 bits per heavy atom. The van der Waals surface area contributed by atoms with Crippen molar-refractivity contribution in [3.63, 3.8) is 0 Å². The van der Waals surface area contributed by atoms with Gasteiger partial charge in [-0.05, 0) is 24.3 Å². The summed E-state index contributed by atoms with van der Waals surface area (Å²) in [6.07, 6.45) is 1.51. The zero-order chi connectivity index (χ0) is 14.9. The Kier molecular flexibility index (Phi) is 4.43. The third-order valence-corrected chi connectivity index (χ3v) is 4.92. The Bertz CT molecular complexity index is 743. The van der Waals surface area contributed by atoms with Crippen LogP contribution in [0.15, 0.2) is 39.8 Å². The van der Waals surface area contributed by atoms with Crippen LogP contribution in [-0.4, -0.2) is 13.0 Å². The summed E-state index contributed by atoms with van der Waals surface area (Å²) in [5.74, 6) is 0. The fraction of sp³-hybridized carbons (Fsp3) is 0.167. The summed E-state index contributed by atoms with van der Waals surface area (Å²) in [6, 6.07) is 6.46. The summed E-state index contributed by atoms with van der Waals surface area (Å²) in [4.78, 5) is 0.152. The Hall–Kier alpha value is -1.02. The van der Waals surface area contributed by atoms with Crippen LogP contribution in [0.2, 0.25) is 5.02 Å². The lowest BCUT2D eigenvalue weighted by Gasteiger charge is -2.08. The van der Waals surface area contributed by atoms with Crippen LogP contribution in [0, 0.1) is 0 Å². The van der Waals surface area contributed by atoms with Crippen molar-refractivity contribution in [1.82, 2.24) is 4.57 Å². The highest BCUT2D eigenvalue weighted by Crippen LogP contribution is 2.28. The van der Waals surface area contributed by atoms with Crippen LogP contribution in [0.1, 0.15) is 5.69 Å². The van der Waals surface area contributed by atoms with E-state index < -0.39 is 10.0 Å². The molecule has 1 aromatic heterocycles. The van der Waals surface area contributed by atoms with Crippen molar-refractivity contribution in [1.29, 1.82) is 0 Å². The first-order valence-electron chi connectivity index (χ1n) is 5.66. The second-order valence-electron chi connectivity index (χ2n) is 4.21. The summed E-state index contributed by atoms with van der Waals surface area (Å²) in [6.45, 7) is 0.269. The predicted molar refractivity (Wildman–Crippen MR) is 83.3 cm³/mol. The van der Waals surface area contributed by atoms with E-state index in [0.717, 1.165) is 10.2 Å². The van der Waals surface area contributed by atoms with E-state index in [2.05, 4.69) is 20.7 Å². The molecule has 8 heteroatoms. The fourth-order valence-corrected chi connectivity index (χ4v) is 3.65. The standard InChI is InChI=1S/C12H13BrClN3O2S/c1-17-7-10(5-9(17)6-15)20(18,19)16-12-3-2-8(13)4-11(12)14/h2-5,7,16H,6,15H2,1H3. The van der Waals surface area contributed by atoms with Gasteiger partial charge in [0.15, 0.2) is 0 Å². The minimum atomic E-state index is -3.69. The molecule has 0 aliphatic carbocycles. The van der Waals surface area contributed by atoms with Crippen molar-refractivity contribution in [3.05, 3.63) is 45.7 Å². The van der Waals surface area contributed by atoms with E-state index in [9.17, 15) is 8.42 Å². The lowest BCUT2D eigenvalue weighted by Crippen LogP contribution is -2.12. The molecule has 0 spiro atoms. The Morgan fingerprint density at radius 1 is 1.40 bits per heavy atom. The van der Waals surface area contributed by atoms with Crippen LogP contribution in [0.3, 0.4) is 0 Å². The lowest BCUT2D eigenvalue weighted by molar-refractivity contribution is 0.601. The SMILES string of the molecule is Cn1cc(S(=O)(=O)Nc2ccc(Br)cc2Cl)cc1CN. The quantitative estimate of drug-likeness (QED) is 0.858. The van der Waals surface area contributed by atoms with E-state index in [1.54, 1.807) is 29.8 Å². The third-order valence-electron chi connectivity index (χ3n) is 2.78. The molecule has 0 radical (unpaired) electrons. The van der Waals surface area contributed by atoms with Crippen molar-refractivity contribution in [2.24, 2.45) is 12.8 Å². The van der Waals surface area contributed by atoms with E-state index in [4.69, 9.17) is 17.3 Å². The number of nitrogens with zero attached hydrogens (tertiary/aromatic N) is 1. The summed E-state index contributed by atoms with van der Waals surface area (Å²) in [7, 11) is -1.94. The molecular formula is C12H13BrClN3O2S. The van der Waals surface area contributed by atoms with Crippen LogP contribution >= 0.6 is 27.5 Å². The number of aryl methyl sites for hydroxylation is 1. The van der Waals surface area contributed by atoms with Gasteiger partial charge in [-0.15, -0.1) is 0 Å². The van der Waals surface area contributed by atoms with Crippen LogP contribution in [0.4, 0.5) is 5.69 Å². The van der Waals surface area contributed by atoms with E-state index in [0.29, 0.717) is 10.7 Å². The highest BCUT2D eigenvalue weighted by molar-refractivity contribution is 9.10. The average molecular weight is 379 g/mol. The topological polar surface area (TPSA) is 77.1 Å². The molecule has 0 saturated heterocycles. The third kappa shape index (κ3) is 3.17. The normalized spacial score (nSPS) is 11.6. The molecule has 1 heterocycles. The van der Waals surface area contributed by atoms with Gasteiger partial charge in [-0.2, -0.15) is 0 Å². The van der Waals surface area contributed by atoms with Crippen molar-refractivity contribution >= 4 is 43.2 Å². The minimum Gasteiger partial charge on any atom is -0.352 e. The molecule has 0 aliphatic heterocycles. The average Bonchev–Trinajstić information content (AvgIpc) is 2.75. The van der Waals surface area contributed by atoms with Gasteiger partial charge in [0.2, 0.25) is 0 Å². The second-order valence-corrected chi connectivity index (χ2v) is 7.22. The van der Waals surface area contributed by atoms with Crippen molar-refractivity contribution in [3.8, 4) is 0 Å². The summed E-state index contributed by atoms with van der Waals surface area (Å²) < 4.78 is 29.5. The second kappa shape index (κ2) is 5.77. The molecule has 5 nitrogen and oxygen atoms in total. The number of hydrogen-bond acceptors (Lipinski definition) is 3. The zero-order valence-electron chi connectivity index (χ0n) is 10.6. The van der Waals surface area contributed by atoms with Crippen molar-refractivity contribution in [2.75, 3.05) is 4.72 Å². The van der Waals surface area contributed by atoms with E-state index >= 15 is 0 Å². The Morgan fingerprint density at radius 3 is 2.65 bits per heavy atom. The van der Waals surface area contributed by atoms with E-state index in [1.807, 2.05) is 0 Å². The number of hydrogen-bond donors (Lipinski definition) is 2. The summed E-state index contributed by atoms with van der Waals surface area (Å²) in [5.41, 5.74) is 6.59. The zero-order valence-corrected chi connectivity index (χ0v) is 13.8. The van der Waals surface area contributed by atoms with E-state index in [1.165, 1.54) is 12.3 Å². The Labute approximate surface area is 130 Å². The van der Waals surface area contributed by atoms with Gasteiger partial charge in [0.05, 0.1) is 10.7 Å². The molecule has 2 rings (SSSR count). The number of anilines is 1. The molecule has 108 valence electrons. The van der Waals surface area contributed by atoms with Gasteiger partial charge in [-0.25, -0.2) is 8.42 Å². The van der Waals surface area contributed by atoms with Gasteiger partial charge in [-0.1, -0.05) is 27.5 Å². The highest BCUT2D eigenvalue weighted by atomic mass is 79.9. The minimum absolute atomic E-state index is 0.152. The van der Waals surface area contributed by atoms with Crippen LogP contribution in [0.25, 0.3) is 0 Å². The van der Waals surface area contributed by atoms with Gasteiger partial charge in [0.1, 0.15) is 4.90 Å². The molecule has 0 saturated carbocycles. The molecule has 1 aromatic carbocycles. The predicted octanol–water partition coefficient (Wildman–Crippen LogP) is 2.70. The van der Waals surface area contributed by atoms with Gasteiger partial charge in [0.25, 0.3) is 10.0 Å². The largest absolute Gasteiger partial charge is 0.352 e. The maximum atomic E-state index is 12.3. The number of nitrogens with one attached hydrogen (secondary N) is 1. The summed E-state index contributed by atoms with van der Waals surface area (Å²) in [5, 5.41) is 0.318. The van der Waals surface area contributed by atoms with Gasteiger partial charge >= 0.3 is 0 Å². The molecule has 2 aromatic rings. The van der Waals surface area contributed by atoms with Crippen LogP contribution in [-0.2, 0) is 23.6 Å². The number of nitrogens with two attached hydrogens (primary N) is 1. The molecular weight excluding hydrogens is 366 g/mol. The molecule has 0 atom stereocenters. The van der Waals surface area contributed by atoms with Crippen molar-refractivity contribution in [2.45, 2.75) is 11.4 Å². The number of halogens is 2. The lowest BCUT2D eigenvalue weighted by atomic mass is 10.3. The van der Waals surface area contributed by atoms with Crippen molar-refractivity contribution < 1.29 is 8.42 Å². The first-order valence-corrected chi connectivity index (χ1v) is 8.32. The smallest absolute Gasteiger partial charge is 0.263 e. The molecule has 0 bridgehead atoms. The Balaban J connectivity index is 2.35. The number of benzene rings is 1. The summed E-state index contributed by atoms with van der Waals surface area (Å²) >= 11 is 9.27. The molecule has 0 amide bonds. The number of sulfonamides is 1. The maximum absolute atomic E-state index is 12.3. The van der Waals surface area contributed by atoms with Crippen LogP contribution < -0.4 is 10.5 Å². The molecule has 0 fully saturated rings. The molecule has 0 unspecified atom stereocenters. The molecule has 3 N–H and O–H groups in total. The van der Waals surface area contributed by atoms with Gasteiger partial charge < -0.3 is 10.3 Å². The van der Waals surface area contributed by atoms with Gasteiger partial charge in [-0.3, -0.25) is 4.72 Å². The molecule has 0 aliphatic rings. The van der Waals surface area contributed by atoms with E-state index in [-0.39, 0.29) is 11.4 Å². The van der Waals surface area contributed by atoms with Gasteiger partial charge in [0, 0.05) is 30.0 Å². The monoisotopic (exact) mass is 377 g/mol. The fourth-order valence-electron chi connectivity index (χ4n) is 1.70. The molecule has 20 heavy (non-hydrogen) atoms. The highest BCUT2D eigenvalue weighted by Gasteiger charge is 2.18. The first kappa shape index (κ1) is 15.4. The number of aromatic nitrogens is 1.